The van der Waals surface area contributed by atoms with Crippen molar-refractivity contribution in [3.05, 3.63) is 34.3 Å². The molecule has 1 unspecified atom stereocenters. The number of rotatable bonds is 4. The topological polar surface area (TPSA) is 38.0 Å². The number of nitrogens with one attached hydrogen (secondary N) is 1. The number of hydrogen-bond acceptors (Lipinski definition) is 2. The van der Waals surface area contributed by atoms with Gasteiger partial charge in [-0.2, -0.15) is 0 Å². The van der Waals surface area contributed by atoms with Gasteiger partial charge in [-0.05, 0) is 24.2 Å². The molecule has 0 heterocycles. The van der Waals surface area contributed by atoms with Gasteiger partial charge >= 0.3 is 0 Å². The molecule has 1 atom stereocenters. The lowest BCUT2D eigenvalue weighted by Crippen LogP contribution is -2.26. The quantitative estimate of drug-likeness (QED) is 0.849. The monoisotopic (exact) mass is 242 g/mol. The zero-order chi connectivity index (χ0) is 9.68. The Bertz CT molecular complexity index is 263. The summed E-state index contributed by atoms with van der Waals surface area (Å²) in [6, 6.07) is 8.20. The van der Waals surface area contributed by atoms with Crippen LogP contribution in [0.3, 0.4) is 0 Å². The maximum Gasteiger partial charge on any atom is 0.0422 e. The SMILES string of the molecule is CCNCC(N)c1cccc(Br)c1. The van der Waals surface area contributed by atoms with Crippen molar-refractivity contribution in [1.82, 2.24) is 5.32 Å². The summed E-state index contributed by atoms with van der Waals surface area (Å²) in [6.07, 6.45) is 0. The smallest absolute Gasteiger partial charge is 0.0422 e. The van der Waals surface area contributed by atoms with Crippen molar-refractivity contribution in [2.45, 2.75) is 13.0 Å². The van der Waals surface area contributed by atoms with Crippen LogP contribution < -0.4 is 11.1 Å². The fourth-order valence-corrected chi connectivity index (χ4v) is 1.57. The van der Waals surface area contributed by atoms with Crippen molar-refractivity contribution in [2.24, 2.45) is 5.73 Å². The van der Waals surface area contributed by atoms with Gasteiger partial charge in [0.2, 0.25) is 0 Å². The fraction of sp³-hybridized carbons (Fsp3) is 0.400. The molecule has 0 saturated heterocycles. The normalized spacial score (nSPS) is 12.8. The van der Waals surface area contributed by atoms with Gasteiger partial charge in [0.25, 0.3) is 0 Å². The van der Waals surface area contributed by atoms with Gasteiger partial charge in [-0.1, -0.05) is 35.0 Å². The van der Waals surface area contributed by atoms with Gasteiger partial charge in [0.1, 0.15) is 0 Å². The van der Waals surface area contributed by atoms with Crippen LogP contribution in [0.2, 0.25) is 0 Å². The molecule has 1 aromatic rings. The van der Waals surface area contributed by atoms with Crippen molar-refractivity contribution >= 4 is 15.9 Å². The van der Waals surface area contributed by atoms with Crippen LogP contribution >= 0.6 is 15.9 Å². The van der Waals surface area contributed by atoms with E-state index in [0.29, 0.717) is 0 Å². The third-order valence-corrected chi connectivity index (χ3v) is 2.38. The van der Waals surface area contributed by atoms with Gasteiger partial charge in [-0.3, -0.25) is 0 Å². The Balaban J connectivity index is 2.60. The number of likely N-dealkylation sites (N-methyl/N-ethyl adjacent to an activating group) is 1. The van der Waals surface area contributed by atoms with Gasteiger partial charge in [0, 0.05) is 17.1 Å². The first-order valence-corrected chi connectivity index (χ1v) is 5.25. The van der Waals surface area contributed by atoms with Crippen LogP contribution in [0, 0.1) is 0 Å². The largest absolute Gasteiger partial charge is 0.323 e. The maximum atomic E-state index is 5.97. The van der Waals surface area contributed by atoms with Crippen molar-refractivity contribution in [3.63, 3.8) is 0 Å². The zero-order valence-corrected chi connectivity index (χ0v) is 9.34. The molecule has 0 amide bonds. The standard InChI is InChI=1S/C10H15BrN2/c1-2-13-7-10(12)8-4-3-5-9(11)6-8/h3-6,10,13H,2,7,12H2,1H3. The van der Waals surface area contributed by atoms with E-state index in [1.54, 1.807) is 0 Å². The molecular weight excluding hydrogens is 228 g/mol. The second kappa shape index (κ2) is 5.37. The summed E-state index contributed by atoms with van der Waals surface area (Å²) >= 11 is 3.42. The van der Waals surface area contributed by atoms with Gasteiger partial charge in [-0.15, -0.1) is 0 Å². The van der Waals surface area contributed by atoms with Crippen molar-refractivity contribution in [2.75, 3.05) is 13.1 Å². The molecule has 0 spiro atoms. The molecule has 0 saturated carbocycles. The van der Waals surface area contributed by atoms with Crippen LogP contribution in [0.4, 0.5) is 0 Å². The molecule has 0 aliphatic rings. The average Bonchev–Trinajstić information content (AvgIpc) is 2.14. The highest BCUT2D eigenvalue weighted by Crippen LogP contribution is 2.15. The maximum absolute atomic E-state index is 5.97. The molecule has 0 radical (unpaired) electrons. The summed E-state index contributed by atoms with van der Waals surface area (Å²) < 4.78 is 1.08. The molecule has 3 N–H and O–H groups in total. The molecule has 2 nitrogen and oxygen atoms in total. The van der Waals surface area contributed by atoms with Crippen molar-refractivity contribution in [1.29, 1.82) is 0 Å². The third-order valence-electron chi connectivity index (χ3n) is 1.89. The average molecular weight is 243 g/mol. The second-order valence-corrected chi connectivity index (χ2v) is 3.88. The number of nitrogens with two attached hydrogens (primary N) is 1. The Hall–Kier alpha value is -0.380. The zero-order valence-electron chi connectivity index (χ0n) is 7.76. The van der Waals surface area contributed by atoms with Crippen LogP contribution in [0.1, 0.15) is 18.5 Å². The number of halogens is 1. The highest BCUT2D eigenvalue weighted by atomic mass is 79.9. The molecule has 13 heavy (non-hydrogen) atoms. The third kappa shape index (κ3) is 3.46. The van der Waals surface area contributed by atoms with Gasteiger partial charge in [0.05, 0.1) is 0 Å². The minimum atomic E-state index is 0.0810. The lowest BCUT2D eigenvalue weighted by molar-refractivity contribution is 0.616. The van der Waals surface area contributed by atoms with E-state index in [2.05, 4.69) is 34.2 Å². The summed E-state index contributed by atoms with van der Waals surface area (Å²) in [6.45, 7) is 3.86. The Morgan fingerprint density at radius 3 is 2.92 bits per heavy atom. The molecule has 1 rings (SSSR count). The minimum absolute atomic E-state index is 0.0810. The summed E-state index contributed by atoms with van der Waals surface area (Å²) in [5, 5.41) is 3.23. The first-order chi connectivity index (χ1) is 6.24. The first-order valence-electron chi connectivity index (χ1n) is 4.45. The summed E-state index contributed by atoms with van der Waals surface area (Å²) in [5.41, 5.74) is 7.13. The van der Waals surface area contributed by atoms with E-state index in [4.69, 9.17) is 5.73 Å². The van der Waals surface area contributed by atoms with Gasteiger partial charge in [0.15, 0.2) is 0 Å². The highest BCUT2D eigenvalue weighted by Gasteiger charge is 2.04. The van der Waals surface area contributed by atoms with Crippen LogP contribution in [-0.4, -0.2) is 13.1 Å². The Morgan fingerprint density at radius 1 is 1.54 bits per heavy atom. The molecule has 0 aliphatic carbocycles. The van der Waals surface area contributed by atoms with Crippen LogP contribution in [-0.2, 0) is 0 Å². The molecule has 0 bridgehead atoms. The van der Waals surface area contributed by atoms with Crippen LogP contribution in [0.25, 0.3) is 0 Å². The molecule has 1 aromatic carbocycles. The summed E-state index contributed by atoms with van der Waals surface area (Å²) in [5.74, 6) is 0. The predicted octanol–water partition coefficient (Wildman–Crippen LogP) is 2.06. The van der Waals surface area contributed by atoms with Gasteiger partial charge in [-0.25, -0.2) is 0 Å². The summed E-state index contributed by atoms with van der Waals surface area (Å²) in [4.78, 5) is 0. The minimum Gasteiger partial charge on any atom is -0.323 e. The van der Waals surface area contributed by atoms with E-state index in [-0.39, 0.29) is 6.04 Å². The molecule has 3 heteroatoms. The Kier molecular flexibility index (Phi) is 4.42. The van der Waals surface area contributed by atoms with Crippen molar-refractivity contribution < 1.29 is 0 Å². The second-order valence-electron chi connectivity index (χ2n) is 2.97. The molecule has 0 fully saturated rings. The predicted molar refractivity (Wildman–Crippen MR) is 59.6 cm³/mol. The first kappa shape index (κ1) is 10.7. The van der Waals surface area contributed by atoms with E-state index in [0.717, 1.165) is 23.1 Å². The molecule has 72 valence electrons. The van der Waals surface area contributed by atoms with Crippen molar-refractivity contribution in [3.8, 4) is 0 Å². The highest BCUT2D eigenvalue weighted by molar-refractivity contribution is 9.10. The fourth-order valence-electron chi connectivity index (χ4n) is 1.15. The molecule has 0 aromatic heterocycles. The summed E-state index contributed by atoms with van der Waals surface area (Å²) in [7, 11) is 0. The Labute approximate surface area is 87.6 Å². The van der Waals surface area contributed by atoms with E-state index < -0.39 is 0 Å². The molecular formula is C10H15BrN2. The van der Waals surface area contributed by atoms with Crippen LogP contribution in [0.15, 0.2) is 28.7 Å². The van der Waals surface area contributed by atoms with E-state index in [1.165, 1.54) is 0 Å². The lowest BCUT2D eigenvalue weighted by atomic mass is 10.1. The van der Waals surface area contributed by atoms with E-state index in [9.17, 15) is 0 Å². The molecule has 0 aliphatic heterocycles. The number of hydrogen-bond donors (Lipinski definition) is 2. The van der Waals surface area contributed by atoms with E-state index >= 15 is 0 Å². The van der Waals surface area contributed by atoms with Crippen LogP contribution in [0.5, 0.6) is 0 Å². The number of benzene rings is 1. The van der Waals surface area contributed by atoms with Gasteiger partial charge < -0.3 is 11.1 Å². The van der Waals surface area contributed by atoms with E-state index in [1.807, 2.05) is 18.2 Å². The Morgan fingerprint density at radius 2 is 2.31 bits per heavy atom. The lowest BCUT2D eigenvalue weighted by Gasteiger charge is -2.12.